The van der Waals surface area contributed by atoms with E-state index in [-0.39, 0.29) is 10.9 Å². The Labute approximate surface area is 135 Å². The van der Waals surface area contributed by atoms with Crippen LogP contribution in [0.4, 0.5) is 0 Å². The molecule has 0 N–H and O–H groups in total. The third-order valence-electron chi connectivity index (χ3n) is 3.72. The molecule has 21 heavy (non-hydrogen) atoms. The summed E-state index contributed by atoms with van der Waals surface area (Å²) in [6, 6.07) is 17.8. The first kappa shape index (κ1) is 14.8. The molecule has 2 aromatic rings. The molecule has 0 atom stereocenters. The summed E-state index contributed by atoms with van der Waals surface area (Å²) in [5, 5.41) is 0. The molecular formula is C19H21S2+. The normalized spacial score (nSPS) is 14.7. The first-order valence-corrected chi connectivity index (χ1v) is 9.64. The number of unbranched alkanes of at least 4 members (excludes halogenated alkanes) is 1. The summed E-state index contributed by atoms with van der Waals surface area (Å²) < 4.78 is 0. The topological polar surface area (TPSA) is 0 Å². The summed E-state index contributed by atoms with van der Waals surface area (Å²) in [6.45, 7) is 4.47. The molecule has 0 unspecified atom stereocenters. The molecular weight excluding hydrogens is 292 g/mol. The van der Waals surface area contributed by atoms with E-state index < -0.39 is 0 Å². The lowest BCUT2D eigenvalue weighted by atomic mass is 10.2. The first-order chi connectivity index (χ1) is 10.3. The zero-order valence-corrected chi connectivity index (χ0v) is 14.3. The van der Waals surface area contributed by atoms with E-state index in [4.69, 9.17) is 0 Å². The Hall–Kier alpha value is -1.12. The van der Waals surface area contributed by atoms with Crippen molar-refractivity contribution in [3.63, 3.8) is 0 Å². The molecule has 0 nitrogen and oxygen atoms in total. The Kier molecular flexibility index (Phi) is 4.77. The minimum atomic E-state index is 0.106. The van der Waals surface area contributed by atoms with Crippen molar-refractivity contribution in [3.8, 4) is 0 Å². The van der Waals surface area contributed by atoms with Gasteiger partial charge in [0.15, 0.2) is 9.79 Å². The van der Waals surface area contributed by atoms with Gasteiger partial charge >= 0.3 is 0 Å². The second-order valence-electron chi connectivity index (χ2n) is 5.16. The molecule has 0 saturated heterocycles. The molecule has 0 aromatic heterocycles. The summed E-state index contributed by atoms with van der Waals surface area (Å²) in [6.07, 6.45) is 6.10. The molecule has 1 heterocycles. The van der Waals surface area contributed by atoms with Crippen LogP contribution in [0, 0.1) is 0 Å². The second kappa shape index (κ2) is 6.76. The minimum absolute atomic E-state index is 0.106. The minimum Gasteiger partial charge on any atom is -0.0795 e. The fraction of sp³-hybridized carbons (Fsp3) is 0.263. The van der Waals surface area contributed by atoms with Gasteiger partial charge < -0.3 is 0 Å². The van der Waals surface area contributed by atoms with Crippen molar-refractivity contribution in [1.29, 1.82) is 0 Å². The van der Waals surface area contributed by atoms with Gasteiger partial charge in [0.1, 0.15) is 4.91 Å². The highest BCUT2D eigenvalue weighted by Gasteiger charge is 2.38. The standard InChI is InChI=1S/C19H21S2/c1-3-5-10-15(4-2)21-18-13-8-6-11-16(18)20-17-12-7-9-14-19(17)21/h4,6-9,11-14H,3,5,10H2,1-2H3/q+1/b15-4-. The van der Waals surface area contributed by atoms with Gasteiger partial charge in [-0.15, -0.1) is 0 Å². The number of allylic oxidation sites excluding steroid dienone is 2. The van der Waals surface area contributed by atoms with Crippen molar-refractivity contribution >= 4 is 22.7 Å². The molecule has 108 valence electrons. The monoisotopic (exact) mass is 313 g/mol. The summed E-state index contributed by atoms with van der Waals surface area (Å²) in [5.41, 5.74) is 0. The van der Waals surface area contributed by atoms with E-state index in [9.17, 15) is 0 Å². The highest BCUT2D eigenvalue weighted by atomic mass is 32.2. The SMILES string of the molecule is C/C=C(/CCCC)[S+]1c2ccccc2Sc2ccccc21. The maximum absolute atomic E-state index is 2.35. The largest absolute Gasteiger partial charge is 0.180 e. The van der Waals surface area contributed by atoms with Crippen LogP contribution in [-0.4, -0.2) is 0 Å². The van der Waals surface area contributed by atoms with Crippen LogP contribution >= 0.6 is 11.8 Å². The van der Waals surface area contributed by atoms with E-state index >= 15 is 0 Å². The van der Waals surface area contributed by atoms with Gasteiger partial charge in [0.05, 0.1) is 20.7 Å². The number of rotatable bonds is 4. The quantitative estimate of drug-likeness (QED) is 0.598. The molecule has 0 radical (unpaired) electrons. The summed E-state index contributed by atoms with van der Waals surface area (Å²) in [7, 11) is 0.106. The van der Waals surface area contributed by atoms with E-state index in [0.29, 0.717) is 0 Å². The van der Waals surface area contributed by atoms with E-state index in [1.165, 1.54) is 38.8 Å². The van der Waals surface area contributed by atoms with Gasteiger partial charge in [0.25, 0.3) is 0 Å². The molecule has 0 aliphatic carbocycles. The fourth-order valence-corrected chi connectivity index (χ4v) is 6.61. The molecule has 2 aromatic carbocycles. The van der Waals surface area contributed by atoms with Crippen molar-refractivity contribution in [2.75, 3.05) is 0 Å². The Balaban J connectivity index is 2.10. The molecule has 1 aliphatic heterocycles. The van der Waals surface area contributed by atoms with Crippen LogP contribution in [0.2, 0.25) is 0 Å². The third-order valence-corrected chi connectivity index (χ3v) is 7.69. The van der Waals surface area contributed by atoms with Crippen LogP contribution in [0.1, 0.15) is 33.1 Å². The molecule has 0 saturated carbocycles. The summed E-state index contributed by atoms with van der Waals surface area (Å²) >= 11 is 1.92. The lowest BCUT2D eigenvalue weighted by Gasteiger charge is -2.20. The van der Waals surface area contributed by atoms with Crippen molar-refractivity contribution in [1.82, 2.24) is 0 Å². The lowest BCUT2D eigenvalue weighted by molar-refractivity contribution is 0.806. The van der Waals surface area contributed by atoms with Crippen LogP contribution in [-0.2, 0) is 10.9 Å². The van der Waals surface area contributed by atoms with Gasteiger partial charge in [0.2, 0.25) is 0 Å². The number of fused-ring (bicyclic) bond motifs is 2. The van der Waals surface area contributed by atoms with E-state index in [1.807, 2.05) is 11.8 Å². The first-order valence-electron chi connectivity index (χ1n) is 7.60. The van der Waals surface area contributed by atoms with Crippen molar-refractivity contribution < 1.29 is 0 Å². The maximum atomic E-state index is 2.35. The van der Waals surface area contributed by atoms with Crippen molar-refractivity contribution in [2.24, 2.45) is 0 Å². The number of hydrogen-bond acceptors (Lipinski definition) is 1. The zero-order valence-electron chi connectivity index (χ0n) is 12.6. The third kappa shape index (κ3) is 2.93. The predicted octanol–water partition coefficient (Wildman–Crippen LogP) is 6.28. The fourth-order valence-electron chi connectivity index (χ4n) is 2.64. The molecule has 1 aliphatic rings. The van der Waals surface area contributed by atoms with Crippen LogP contribution in [0.5, 0.6) is 0 Å². The van der Waals surface area contributed by atoms with Crippen LogP contribution in [0.3, 0.4) is 0 Å². The average molecular weight is 314 g/mol. The highest BCUT2D eigenvalue weighted by Crippen LogP contribution is 2.48. The van der Waals surface area contributed by atoms with Gasteiger partial charge in [-0.2, -0.15) is 0 Å². The van der Waals surface area contributed by atoms with Crippen molar-refractivity contribution in [3.05, 3.63) is 59.5 Å². The van der Waals surface area contributed by atoms with E-state index in [0.717, 1.165) is 0 Å². The highest BCUT2D eigenvalue weighted by molar-refractivity contribution is 8.05. The molecule has 2 heteroatoms. The Morgan fingerprint density at radius 1 is 1.00 bits per heavy atom. The molecule has 0 fully saturated rings. The molecule has 0 bridgehead atoms. The van der Waals surface area contributed by atoms with Gasteiger partial charge in [-0.3, -0.25) is 0 Å². The Bertz CT molecular complexity index is 613. The predicted molar refractivity (Wildman–Crippen MR) is 94.2 cm³/mol. The van der Waals surface area contributed by atoms with Crippen LogP contribution in [0.25, 0.3) is 0 Å². The number of benzene rings is 2. The van der Waals surface area contributed by atoms with Crippen molar-refractivity contribution in [2.45, 2.75) is 52.7 Å². The van der Waals surface area contributed by atoms with E-state index in [2.05, 4.69) is 68.5 Å². The Morgan fingerprint density at radius 2 is 1.57 bits per heavy atom. The van der Waals surface area contributed by atoms with E-state index in [1.54, 1.807) is 4.91 Å². The average Bonchev–Trinajstić information content (AvgIpc) is 2.54. The molecule has 3 rings (SSSR count). The van der Waals surface area contributed by atoms with Gasteiger partial charge in [-0.25, -0.2) is 0 Å². The Morgan fingerprint density at radius 3 is 2.10 bits per heavy atom. The van der Waals surface area contributed by atoms with Crippen LogP contribution < -0.4 is 0 Å². The maximum Gasteiger partial charge on any atom is 0.180 e. The number of hydrogen-bond donors (Lipinski definition) is 0. The zero-order chi connectivity index (χ0) is 14.7. The van der Waals surface area contributed by atoms with Gasteiger partial charge in [0, 0.05) is 6.42 Å². The second-order valence-corrected chi connectivity index (χ2v) is 8.26. The van der Waals surface area contributed by atoms with Gasteiger partial charge in [-0.05, 0) is 43.7 Å². The molecule has 0 spiro atoms. The lowest BCUT2D eigenvalue weighted by Crippen LogP contribution is -2.12. The summed E-state index contributed by atoms with van der Waals surface area (Å²) in [5.74, 6) is 0. The van der Waals surface area contributed by atoms with Crippen LogP contribution in [0.15, 0.2) is 79.1 Å². The summed E-state index contributed by atoms with van der Waals surface area (Å²) in [4.78, 5) is 7.46. The molecule has 0 amide bonds. The van der Waals surface area contributed by atoms with Gasteiger partial charge in [-0.1, -0.05) is 49.4 Å². The smallest absolute Gasteiger partial charge is 0.0795 e.